The first-order chi connectivity index (χ1) is 9.43. The van der Waals surface area contributed by atoms with E-state index in [1.807, 2.05) is 11.9 Å². The number of hydrazine groups is 1. The number of aromatic nitrogens is 1. The Labute approximate surface area is 120 Å². The summed E-state index contributed by atoms with van der Waals surface area (Å²) in [6.45, 7) is 4.59. The molecule has 0 bridgehead atoms. The number of nitrogens with one attached hydrogen (secondary N) is 1. The number of hydrogen-bond acceptors (Lipinski definition) is 4. The van der Waals surface area contributed by atoms with E-state index in [9.17, 15) is 4.79 Å². The van der Waals surface area contributed by atoms with E-state index >= 15 is 0 Å². The lowest BCUT2D eigenvalue weighted by Gasteiger charge is -2.38. The van der Waals surface area contributed by atoms with Crippen molar-refractivity contribution in [2.75, 3.05) is 12.5 Å². The second kappa shape index (κ2) is 5.79. The second-order valence-corrected chi connectivity index (χ2v) is 6.39. The van der Waals surface area contributed by atoms with Crippen LogP contribution >= 0.6 is 0 Å². The molecule has 0 spiro atoms. The van der Waals surface area contributed by atoms with Gasteiger partial charge >= 0.3 is 0 Å². The van der Waals surface area contributed by atoms with Gasteiger partial charge in [0.1, 0.15) is 5.69 Å². The number of rotatable bonds is 3. The third kappa shape index (κ3) is 3.28. The molecule has 2 rings (SSSR count). The summed E-state index contributed by atoms with van der Waals surface area (Å²) < 4.78 is 0. The quantitative estimate of drug-likeness (QED) is 0.657. The number of pyridine rings is 1. The molecule has 5 nitrogen and oxygen atoms in total. The first kappa shape index (κ1) is 14.8. The zero-order chi connectivity index (χ0) is 14.8. The van der Waals surface area contributed by atoms with Gasteiger partial charge in [0.15, 0.2) is 0 Å². The smallest absolute Gasteiger partial charge is 0.272 e. The Hall–Kier alpha value is -1.62. The number of amides is 1. The van der Waals surface area contributed by atoms with Crippen molar-refractivity contribution >= 4 is 11.6 Å². The van der Waals surface area contributed by atoms with E-state index in [1.54, 1.807) is 18.3 Å². The highest BCUT2D eigenvalue weighted by atomic mass is 16.2. The van der Waals surface area contributed by atoms with Gasteiger partial charge in [-0.25, -0.2) is 0 Å². The van der Waals surface area contributed by atoms with Crippen LogP contribution in [0.15, 0.2) is 18.3 Å². The number of anilines is 1. The molecule has 1 fully saturated rings. The summed E-state index contributed by atoms with van der Waals surface area (Å²) in [7, 11) is 1.87. The molecule has 1 aromatic rings. The van der Waals surface area contributed by atoms with Crippen LogP contribution < -0.4 is 11.3 Å². The minimum absolute atomic E-state index is 0.0354. The van der Waals surface area contributed by atoms with Crippen LogP contribution in [-0.2, 0) is 0 Å². The summed E-state index contributed by atoms with van der Waals surface area (Å²) in [4.78, 5) is 18.4. The van der Waals surface area contributed by atoms with E-state index in [0.29, 0.717) is 22.8 Å². The summed E-state index contributed by atoms with van der Waals surface area (Å²) >= 11 is 0. The molecule has 1 saturated carbocycles. The number of hydrogen-bond donors (Lipinski definition) is 2. The number of nitrogens with zero attached hydrogens (tertiary/aromatic N) is 2. The zero-order valence-electron chi connectivity index (χ0n) is 12.5. The molecule has 1 aromatic heterocycles. The summed E-state index contributed by atoms with van der Waals surface area (Å²) in [6.07, 6.45) is 6.04. The molecule has 20 heavy (non-hydrogen) atoms. The third-order valence-corrected chi connectivity index (χ3v) is 4.32. The van der Waals surface area contributed by atoms with Crippen LogP contribution in [0, 0.1) is 5.41 Å². The maximum Gasteiger partial charge on any atom is 0.272 e. The fourth-order valence-electron chi connectivity index (χ4n) is 2.76. The molecule has 1 amide bonds. The van der Waals surface area contributed by atoms with Crippen LogP contribution in [0.2, 0.25) is 0 Å². The van der Waals surface area contributed by atoms with Gasteiger partial charge in [0.05, 0.1) is 5.69 Å². The third-order valence-electron chi connectivity index (χ3n) is 4.32. The fraction of sp³-hybridized carbons (Fsp3) is 0.600. The molecule has 0 aromatic carbocycles. The normalized spacial score (nSPS) is 18.6. The Balaban J connectivity index is 2.05. The minimum atomic E-state index is -0.0354. The molecule has 1 aliphatic rings. The van der Waals surface area contributed by atoms with Crippen LogP contribution in [0.4, 0.5) is 5.69 Å². The molecular formula is C15H24N4O. The van der Waals surface area contributed by atoms with Crippen molar-refractivity contribution in [3.8, 4) is 0 Å². The standard InChI is InChI=1S/C15H24N4O/c1-15(2)7-4-12(5-8-15)19(3)14(20)13-10-11(18-16)6-9-17-13/h6,9-10,12H,4-5,7-8,16H2,1-3H3,(H,17,18). The molecule has 0 radical (unpaired) electrons. The molecule has 110 valence electrons. The number of nitrogens with two attached hydrogens (primary N) is 1. The topological polar surface area (TPSA) is 71.2 Å². The highest BCUT2D eigenvalue weighted by Gasteiger charge is 2.31. The van der Waals surface area contributed by atoms with E-state index in [4.69, 9.17) is 5.84 Å². The average molecular weight is 276 g/mol. The van der Waals surface area contributed by atoms with E-state index in [2.05, 4.69) is 24.3 Å². The molecule has 3 N–H and O–H groups in total. The van der Waals surface area contributed by atoms with Crippen LogP contribution in [-0.4, -0.2) is 28.9 Å². The van der Waals surface area contributed by atoms with Crippen molar-refractivity contribution in [2.45, 2.75) is 45.6 Å². The molecule has 5 heteroatoms. The van der Waals surface area contributed by atoms with Crippen molar-refractivity contribution in [2.24, 2.45) is 11.3 Å². The Kier molecular flexibility index (Phi) is 4.28. The molecule has 1 aliphatic carbocycles. The van der Waals surface area contributed by atoms with E-state index in [0.717, 1.165) is 25.7 Å². The van der Waals surface area contributed by atoms with Crippen LogP contribution in [0.1, 0.15) is 50.0 Å². The van der Waals surface area contributed by atoms with Crippen LogP contribution in [0.5, 0.6) is 0 Å². The Morgan fingerprint density at radius 1 is 1.45 bits per heavy atom. The van der Waals surface area contributed by atoms with Crippen molar-refractivity contribution in [1.82, 2.24) is 9.88 Å². The number of carbonyl (C=O) groups is 1. The average Bonchev–Trinajstić information content (AvgIpc) is 2.46. The lowest BCUT2D eigenvalue weighted by atomic mass is 9.75. The summed E-state index contributed by atoms with van der Waals surface area (Å²) in [5.74, 6) is 5.33. The highest BCUT2D eigenvalue weighted by molar-refractivity contribution is 5.93. The van der Waals surface area contributed by atoms with Gasteiger partial charge in [0.2, 0.25) is 0 Å². The first-order valence-corrected chi connectivity index (χ1v) is 7.13. The Bertz CT molecular complexity index is 477. The van der Waals surface area contributed by atoms with Gasteiger partial charge in [0.25, 0.3) is 5.91 Å². The zero-order valence-corrected chi connectivity index (χ0v) is 12.5. The van der Waals surface area contributed by atoms with Crippen molar-refractivity contribution in [3.05, 3.63) is 24.0 Å². The second-order valence-electron chi connectivity index (χ2n) is 6.39. The van der Waals surface area contributed by atoms with Gasteiger partial charge in [-0.15, -0.1) is 0 Å². The molecule has 0 atom stereocenters. The Morgan fingerprint density at radius 2 is 2.10 bits per heavy atom. The predicted octanol–water partition coefficient (Wildman–Crippen LogP) is 2.41. The molecule has 1 heterocycles. The molecule has 0 aliphatic heterocycles. The van der Waals surface area contributed by atoms with E-state index < -0.39 is 0 Å². The monoisotopic (exact) mass is 276 g/mol. The fourth-order valence-corrected chi connectivity index (χ4v) is 2.76. The van der Waals surface area contributed by atoms with E-state index in [-0.39, 0.29) is 5.91 Å². The van der Waals surface area contributed by atoms with Gasteiger partial charge < -0.3 is 10.3 Å². The lowest BCUT2D eigenvalue weighted by molar-refractivity contribution is 0.0629. The van der Waals surface area contributed by atoms with Crippen molar-refractivity contribution < 1.29 is 4.79 Å². The lowest BCUT2D eigenvalue weighted by Crippen LogP contribution is -2.41. The first-order valence-electron chi connectivity index (χ1n) is 7.13. The summed E-state index contributed by atoms with van der Waals surface area (Å²) in [6, 6.07) is 3.73. The number of carbonyl (C=O) groups excluding carboxylic acids is 1. The van der Waals surface area contributed by atoms with Gasteiger partial charge in [0, 0.05) is 19.3 Å². The highest BCUT2D eigenvalue weighted by Crippen LogP contribution is 2.36. The molecule has 0 unspecified atom stereocenters. The van der Waals surface area contributed by atoms with Gasteiger partial charge in [-0.05, 0) is 43.2 Å². The number of nitrogen functional groups attached to an aromatic ring is 1. The van der Waals surface area contributed by atoms with Gasteiger partial charge in [-0.3, -0.25) is 15.6 Å². The summed E-state index contributed by atoms with van der Waals surface area (Å²) in [5, 5.41) is 0. The van der Waals surface area contributed by atoms with Gasteiger partial charge in [-0.2, -0.15) is 0 Å². The minimum Gasteiger partial charge on any atom is -0.337 e. The molecular weight excluding hydrogens is 252 g/mol. The van der Waals surface area contributed by atoms with Crippen LogP contribution in [0.3, 0.4) is 0 Å². The SMILES string of the molecule is CN(C(=O)c1cc(NN)ccn1)C1CCC(C)(C)CC1. The molecule has 0 saturated heterocycles. The Morgan fingerprint density at radius 3 is 2.70 bits per heavy atom. The van der Waals surface area contributed by atoms with Crippen LogP contribution in [0.25, 0.3) is 0 Å². The largest absolute Gasteiger partial charge is 0.337 e. The van der Waals surface area contributed by atoms with Crippen molar-refractivity contribution in [1.29, 1.82) is 0 Å². The van der Waals surface area contributed by atoms with E-state index in [1.165, 1.54) is 0 Å². The maximum atomic E-state index is 12.5. The predicted molar refractivity (Wildman–Crippen MR) is 80.2 cm³/mol. The maximum absolute atomic E-state index is 12.5. The van der Waals surface area contributed by atoms with Crippen molar-refractivity contribution in [3.63, 3.8) is 0 Å². The van der Waals surface area contributed by atoms with Gasteiger partial charge in [-0.1, -0.05) is 13.8 Å². The summed E-state index contributed by atoms with van der Waals surface area (Å²) in [5.41, 5.74) is 4.08.